The predicted octanol–water partition coefficient (Wildman–Crippen LogP) is 3.33. The summed E-state index contributed by atoms with van der Waals surface area (Å²) in [5.74, 6) is 0. The molecule has 0 fully saturated rings. The number of hydrogen-bond acceptors (Lipinski definition) is 5. The first kappa shape index (κ1) is 16.2. The highest BCUT2D eigenvalue weighted by atomic mass is 31.3. The van der Waals surface area contributed by atoms with Gasteiger partial charge in [-0.15, -0.1) is 0 Å². The molecule has 2 atom stereocenters. The third-order valence-corrected chi connectivity index (χ3v) is 7.38. The summed E-state index contributed by atoms with van der Waals surface area (Å²) in [5, 5.41) is 0.640. The van der Waals surface area contributed by atoms with Crippen LogP contribution in [-0.4, -0.2) is 14.2 Å². The van der Waals surface area contributed by atoms with Crippen LogP contribution in [0.3, 0.4) is 0 Å². The van der Waals surface area contributed by atoms with Crippen molar-refractivity contribution in [3.05, 3.63) is 60.7 Å². The van der Waals surface area contributed by atoms with E-state index < -0.39 is 15.2 Å². The first-order valence-corrected chi connectivity index (χ1v) is 9.27. The van der Waals surface area contributed by atoms with E-state index >= 15 is 0 Å². The highest BCUT2D eigenvalue weighted by Crippen LogP contribution is 2.62. The van der Waals surface area contributed by atoms with Gasteiger partial charge in [0.1, 0.15) is 0 Å². The monoisotopic (exact) mass is 326 g/mol. The van der Waals surface area contributed by atoms with Crippen molar-refractivity contribution in [1.82, 2.24) is 0 Å². The van der Waals surface area contributed by atoms with Gasteiger partial charge in [0.25, 0.3) is 0 Å². The van der Waals surface area contributed by atoms with Gasteiger partial charge in [-0.25, -0.2) is 4.31 Å². The van der Waals surface area contributed by atoms with Gasteiger partial charge in [0.2, 0.25) is 0 Å². The summed E-state index contributed by atoms with van der Waals surface area (Å²) < 4.78 is 41.1. The van der Waals surface area contributed by atoms with Crippen molar-refractivity contribution in [2.45, 2.75) is 0 Å². The normalized spacial score (nSPS) is 16.9. The average molecular weight is 326 g/mol. The molecule has 0 heterocycles. The lowest BCUT2D eigenvalue weighted by Gasteiger charge is -2.22. The van der Waals surface area contributed by atoms with Crippen LogP contribution < -0.4 is 10.6 Å². The van der Waals surface area contributed by atoms with Gasteiger partial charge in [0.05, 0.1) is 10.6 Å². The molecule has 0 N–H and O–H groups in total. The molecule has 2 aromatic rings. The van der Waals surface area contributed by atoms with Gasteiger partial charge in [-0.3, -0.25) is 9.13 Å². The van der Waals surface area contributed by atoms with Crippen LogP contribution >= 0.6 is 15.2 Å². The Labute approximate surface area is 123 Å². The Hall–Kier alpha value is -1.22. The maximum Gasteiger partial charge on any atom is 0.368 e. The summed E-state index contributed by atoms with van der Waals surface area (Å²) in [5.41, 5.74) is 0. The van der Waals surface area contributed by atoms with E-state index in [0.717, 1.165) is 0 Å². The van der Waals surface area contributed by atoms with Gasteiger partial charge in [-0.05, 0) is 24.3 Å². The van der Waals surface area contributed by atoms with E-state index in [4.69, 9.17) is 13.4 Å². The van der Waals surface area contributed by atoms with Gasteiger partial charge >= 0.3 is 15.2 Å². The second kappa shape index (κ2) is 6.69. The standard InChI is InChI=1S/C14H16O5P2/c1-17-20(15,13-9-5-3-6-10-13)19-21(16,18-2)14-11-7-4-8-12-14/h3-12H,1-2H3. The zero-order chi connectivity index (χ0) is 15.3. The van der Waals surface area contributed by atoms with Crippen LogP contribution in [0.4, 0.5) is 0 Å². The molecule has 0 bridgehead atoms. The lowest BCUT2D eigenvalue weighted by atomic mass is 10.4. The smallest absolute Gasteiger partial charge is 0.308 e. The fourth-order valence-corrected chi connectivity index (χ4v) is 5.65. The molecule has 21 heavy (non-hydrogen) atoms. The fourth-order valence-electron chi connectivity index (χ4n) is 1.73. The summed E-state index contributed by atoms with van der Waals surface area (Å²) in [6.07, 6.45) is 0. The van der Waals surface area contributed by atoms with Crippen LogP contribution in [0, 0.1) is 0 Å². The summed E-state index contributed by atoms with van der Waals surface area (Å²) >= 11 is 0. The molecule has 7 heteroatoms. The Bertz CT molecular complexity index is 613. The van der Waals surface area contributed by atoms with Gasteiger partial charge in [0, 0.05) is 14.2 Å². The second-order valence-corrected chi connectivity index (χ2v) is 8.52. The molecule has 0 aliphatic rings. The molecule has 0 radical (unpaired) electrons. The zero-order valence-corrected chi connectivity index (χ0v) is 13.5. The fraction of sp³-hybridized carbons (Fsp3) is 0.143. The van der Waals surface area contributed by atoms with Gasteiger partial charge < -0.3 is 9.05 Å². The van der Waals surface area contributed by atoms with E-state index in [2.05, 4.69) is 0 Å². The summed E-state index contributed by atoms with van der Waals surface area (Å²) in [6.45, 7) is 0. The van der Waals surface area contributed by atoms with Crippen molar-refractivity contribution in [1.29, 1.82) is 0 Å². The molecule has 0 aliphatic heterocycles. The second-order valence-electron chi connectivity index (χ2n) is 4.11. The lowest BCUT2D eigenvalue weighted by Crippen LogP contribution is -2.13. The number of rotatable bonds is 6. The molecule has 2 rings (SSSR count). The average Bonchev–Trinajstić information content (AvgIpc) is 2.56. The highest BCUT2D eigenvalue weighted by molar-refractivity contribution is 7.75. The van der Waals surface area contributed by atoms with E-state index in [0.29, 0.717) is 10.6 Å². The number of benzene rings is 2. The molecule has 0 saturated carbocycles. The van der Waals surface area contributed by atoms with Gasteiger partial charge in [0.15, 0.2) is 0 Å². The minimum atomic E-state index is -3.74. The highest BCUT2D eigenvalue weighted by Gasteiger charge is 2.38. The number of hydrogen-bond donors (Lipinski definition) is 0. The molecule has 0 aliphatic carbocycles. The molecule has 2 unspecified atom stereocenters. The minimum absolute atomic E-state index is 0.320. The molecule has 112 valence electrons. The largest absolute Gasteiger partial charge is 0.368 e. The quantitative estimate of drug-likeness (QED) is 0.762. The summed E-state index contributed by atoms with van der Waals surface area (Å²) in [4.78, 5) is 0. The topological polar surface area (TPSA) is 61.8 Å². The van der Waals surface area contributed by atoms with Crippen molar-refractivity contribution in [2.75, 3.05) is 14.2 Å². The molecule has 5 nitrogen and oxygen atoms in total. The van der Waals surface area contributed by atoms with E-state index in [1.807, 2.05) is 0 Å². The maximum absolute atomic E-state index is 12.8. The Kier molecular flexibility index (Phi) is 5.15. The summed E-state index contributed by atoms with van der Waals surface area (Å²) in [6, 6.07) is 16.7. The van der Waals surface area contributed by atoms with Crippen molar-refractivity contribution in [3.63, 3.8) is 0 Å². The van der Waals surface area contributed by atoms with Crippen molar-refractivity contribution < 1.29 is 22.5 Å². The minimum Gasteiger partial charge on any atom is -0.308 e. The molecule has 0 spiro atoms. The van der Waals surface area contributed by atoms with Gasteiger partial charge in [-0.1, -0.05) is 36.4 Å². The Morgan fingerprint density at radius 1 is 0.667 bits per heavy atom. The molecule has 0 amide bonds. The van der Waals surface area contributed by atoms with Crippen LogP contribution in [0.1, 0.15) is 0 Å². The molecule has 2 aromatic carbocycles. The van der Waals surface area contributed by atoms with Crippen molar-refractivity contribution >= 4 is 25.8 Å². The van der Waals surface area contributed by atoms with Crippen LogP contribution in [0.5, 0.6) is 0 Å². The lowest BCUT2D eigenvalue weighted by molar-refractivity contribution is 0.291. The Morgan fingerprint density at radius 2 is 1.00 bits per heavy atom. The Balaban J connectivity index is 2.41. The molecular formula is C14H16O5P2. The van der Waals surface area contributed by atoms with Gasteiger partial charge in [-0.2, -0.15) is 0 Å². The van der Waals surface area contributed by atoms with E-state index in [-0.39, 0.29) is 0 Å². The maximum atomic E-state index is 12.8. The van der Waals surface area contributed by atoms with Crippen molar-refractivity contribution in [2.24, 2.45) is 0 Å². The van der Waals surface area contributed by atoms with Crippen LogP contribution in [0.2, 0.25) is 0 Å². The van der Waals surface area contributed by atoms with E-state index in [1.54, 1.807) is 60.7 Å². The molecule has 0 saturated heterocycles. The Morgan fingerprint density at radius 3 is 1.29 bits per heavy atom. The predicted molar refractivity (Wildman–Crippen MR) is 82.5 cm³/mol. The SMILES string of the molecule is COP(=O)(OP(=O)(OC)c1ccccc1)c1ccccc1. The summed E-state index contributed by atoms with van der Waals surface area (Å²) in [7, 11) is -4.99. The molecule has 0 aromatic heterocycles. The third-order valence-electron chi connectivity index (χ3n) is 2.84. The van der Waals surface area contributed by atoms with E-state index in [9.17, 15) is 9.13 Å². The third kappa shape index (κ3) is 3.52. The first-order valence-electron chi connectivity index (χ1n) is 6.18. The molecular weight excluding hydrogens is 310 g/mol. The first-order chi connectivity index (χ1) is 10.0. The van der Waals surface area contributed by atoms with Crippen LogP contribution in [-0.2, 0) is 22.5 Å². The van der Waals surface area contributed by atoms with Crippen LogP contribution in [0.25, 0.3) is 0 Å². The van der Waals surface area contributed by atoms with Crippen molar-refractivity contribution in [3.8, 4) is 0 Å². The van der Waals surface area contributed by atoms with E-state index in [1.165, 1.54) is 14.2 Å². The van der Waals surface area contributed by atoms with Crippen LogP contribution in [0.15, 0.2) is 60.7 Å². The zero-order valence-electron chi connectivity index (χ0n) is 11.7.